The molecule has 164 valence electrons. The third kappa shape index (κ3) is 5.63. The number of hydrogen-bond acceptors (Lipinski definition) is 5. The quantitative estimate of drug-likeness (QED) is 0.573. The number of anilines is 2. The van der Waals surface area contributed by atoms with Crippen LogP contribution in [0.5, 0.6) is 11.5 Å². The van der Waals surface area contributed by atoms with Crippen molar-refractivity contribution in [2.45, 2.75) is 6.92 Å². The fourth-order valence-corrected chi connectivity index (χ4v) is 2.80. The standard InChI is InChI=1S/C24H23N3O5/c1-3-31-24(30)27(2)19-10-8-18(9-11-19)26-23(29)17-6-14-21(15-7-17)32-20-12-4-16(5-13-20)22(25)28/h4-15H,3H2,1-2H3,(H2,25,28)(H,26,29). The van der Waals surface area contributed by atoms with E-state index in [0.29, 0.717) is 40.6 Å². The Morgan fingerprint density at radius 3 is 1.88 bits per heavy atom. The van der Waals surface area contributed by atoms with Crippen molar-refractivity contribution in [1.82, 2.24) is 0 Å². The van der Waals surface area contributed by atoms with Gasteiger partial charge in [0.25, 0.3) is 5.91 Å². The van der Waals surface area contributed by atoms with Crippen molar-refractivity contribution in [3.8, 4) is 11.5 Å². The summed E-state index contributed by atoms with van der Waals surface area (Å²) in [6.07, 6.45) is -0.449. The maximum Gasteiger partial charge on any atom is 0.413 e. The summed E-state index contributed by atoms with van der Waals surface area (Å²) in [5.74, 6) is 0.293. The Morgan fingerprint density at radius 1 is 0.844 bits per heavy atom. The van der Waals surface area contributed by atoms with Gasteiger partial charge in [-0.2, -0.15) is 0 Å². The number of hydrogen-bond donors (Lipinski definition) is 2. The molecule has 0 aliphatic rings. The number of ether oxygens (including phenoxy) is 2. The van der Waals surface area contributed by atoms with Gasteiger partial charge in [0, 0.05) is 29.5 Å². The Kier molecular flexibility index (Phi) is 7.07. The van der Waals surface area contributed by atoms with E-state index in [0.717, 1.165) is 0 Å². The number of carbonyl (C=O) groups excluding carboxylic acids is 3. The Bertz CT molecular complexity index is 1090. The first-order chi connectivity index (χ1) is 15.4. The number of nitrogens with two attached hydrogens (primary N) is 1. The fraction of sp³-hybridized carbons (Fsp3) is 0.125. The molecule has 0 saturated carbocycles. The summed E-state index contributed by atoms with van der Waals surface area (Å²) in [6, 6.07) is 19.9. The molecule has 0 saturated heterocycles. The van der Waals surface area contributed by atoms with Crippen LogP contribution in [-0.2, 0) is 4.74 Å². The van der Waals surface area contributed by atoms with Crippen molar-refractivity contribution in [3.63, 3.8) is 0 Å². The Morgan fingerprint density at radius 2 is 1.38 bits per heavy atom. The average Bonchev–Trinajstić information content (AvgIpc) is 2.80. The highest BCUT2D eigenvalue weighted by atomic mass is 16.6. The number of nitrogens with zero attached hydrogens (tertiary/aromatic N) is 1. The summed E-state index contributed by atoms with van der Waals surface area (Å²) >= 11 is 0. The van der Waals surface area contributed by atoms with Gasteiger partial charge >= 0.3 is 6.09 Å². The number of carbonyl (C=O) groups is 3. The second-order valence-electron chi connectivity index (χ2n) is 6.77. The van der Waals surface area contributed by atoms with Crippen LogP contribution in [0.2, 0.25) is 0 Å². The molecule has 3 aromatic rings. The third-order valence-corrected chi connectivity index (χ3v) is 4.55. The fourth-order valence-electron chi connectivity index (χ4n) is 2.80. The van der Waals surface area contributed by atoms with E-state index in [1.165, 1.54) is 4.90 Å². The van der Waals surface area contributed by atoms with Crippen LogP contribution in [0.3, 0.4) is 0 Å². The van der Waals surface area contributed by atoms with Gasteiger partial charge in [0.2, 0.25) is 5.91 Å². The lowest BCUT2D eigenvalue weighted by Crippen LogP contribution is -2.26. The molecule has 0 fully saturated rings. The molecule has 0 atom stereocenters. The summed E-state index contributed by atoms with van der Waals surface area (Å²) in [6.45, 7) is 2.04. The van der Waals surface area contributed by atoms with E-state index in [2.05, 4.69) is 5.32 Å². The second-order valence-corrected chi connectivity index (χ2v) is 6.77. The summed E-state index contributed by atoms with van der Waals surface area (Å²) in [7, 11) is 1.61. The van der Waals surface area contributed by atoms with Crippen molar-refractivity contribution in [2.75, 3.05) is 23.9 Å². The minimum atomic E-state index is -0.507. The normalized spacial score (nSPS) is 10.2. The van der Waals surface area contributed by atoms with Gasteiger partial charge in [-0.15, -0.1) is 0 Å². The summed E-state index contributed by atoms with van der Waals surface area (Å²) in [4.78, 5) is 36.8. The van der Waals surface area contributed by atoms with Crippen LogP contribution in [0.25, 0.3) is 0 Å². The zero-order valence-corrected chi connectivity index (χ0v) is 17.7. The van der Waals surface area contributed by atoms with Gasteiger partial charge in [-0.1, -0.05) is 0 Å². The largest absolute Gasteiger partial charge is 0.457 e. The molecular formula is C24H23N3O5. The van der Waals surface area contributed by atoms with Gasteiger partial charge in [0.05, 0.1) is 6.61 Å². The molecule has 8 heteroatoms. The number of rotatable bonds is 7. The lowest BCUT2D eigenvalue weighted by molar-refractivity contribution is 0.0997. The van der Waals surface area contributed by atoms with Crippen molar-refractivity contribution in [3.05, 3.63) is 83.9 Å². The number of benzene rings is 3. The third-order valence-electron chi connectivity index (χ3n) is 4.55. The molecule has 3 aromatic carbocycles. The van der Waals surface area contributed by atoms with Crippen LogP contribution in [0.1, 0.15) is 27.6 Å². The minimum Gasteiger partial charge on any atom is -0.457 e. The van der Waals surface area contributed by atoms with Crippen LogP contribution < -0.4 is 20.7 Å². The summed E-state index contributed by atoms with van der Waals surface area (Å²) in [5.41, 5.74) is 7.30. The minimum absolute atomic E-state index is 0.283. The van der Waals surface area contributed by atoms with Crippen molar-refractivity contribution >= 4 is 29.3 Å². The molecule has 0 heterocycles. The monoisotopic (exact) mass is 433 g/mol. The highest BCUT2D eigenvalue weighted by Gasteiger charge is 2.12. The highest BCUT2D eigenvalue weighted by molar-refractivity contribution is 6.04. The molecule has 0 aliphatic heterocycles. The van der Waals surface area contributed by atoms with E-state index in [9.17, 15) is 14.4 Å². The molecule has 3 N–H and O–H groups in total. The van der Waals surface area contributed by atoms with Crippen molar-refractivity contribution < 1.29 is 23.9 Å². The smallest absolute Gasteiger partial charge is 0.413 e. The Balaban J connectivity index is 1.59. The Labute approximate surface area is 185 Å². The van der Waals surface area contributed by atoms with E-state index in [4.69, 9.17) is 15.2 Å². The average molecular weight is 433 g/mol. The predicted octanol–water partition coefficient (Wildman–Crippen LogP) is 4.42. The lowest BCUT2D eigenvalue weighted by Gasteiger charge is -2.17. The summed E-state index contributed by atoms with van der Waals surface area (Å²) in [5, 5.41) is 2.81. The number of nitrogens with one attached hydrogen (secondary N) is 1. The highest BCUT2D eigenvalue weighted by Crippen LogP contribution is 2.23. The number of primary amides is 1. The molecule has 0 unspecified atom stereocenters. The topological polar surface area (TPSA) is 111 Å². The molecule has 3 rings (SSSR count). The zero-order valence-electron chi connectivity index (χ0n) is 17.7. The Hall–Kier alpha value is -4.33. The first-order valence-electron chi connectivity index (χ1n) is 9.87. The molecule has 0 aliphatic carbocycles. The molecular weight excluding hydrogens is 410 g/mol. The maximum absolute atomic E-state index is 12.5. The van der Waals surface area contributed by atoms with Crippen LogP contribution in [-0.4, -0.2) is 31.6 Å². The van der Waals surface area contributed by atoms with Gasteiger partial charge in [-0.3, -0.25) is 14.5 Å². The molecule has 32 heavy (non-hydrogen) atoms. The van der Waals surface area contributed by atoms with E-state index < -0.39 is 12.0 Å². The molecule has 3 amide bonds. The van der Waals surface area contributed by atoms with E-state index >= 15 is 0 Å². The maximum atomic E-state index is 12.5. The molecule has 0 aromatic heterocycles. The van der Waals surface area contributed by atoms with Crippen LogP contribution in [0, 0.1) is 0 Å². The lowest BCUT2D eigenvalue weighted by atomic mass is 10.2. The zero-order chi connectivity index (χ0) is 23.1. The number of amides is 3. The van der Waals surface area contributed by atoms with Gasteiger partial charge < -0.3 is 20.5 Å². The van der Waals surface area contributed by atoms with E-state index in [1.807, 2.05) is 0 Å². The molecule has 8 nitrogen and oxygen atoms in total. The summed E-state index contributed by atoms with van der Waals surface area (Å²) < 4.78 is 10.7. The van der Waals surface area contributed by atoms with Gasteiger partial charge in [0.1, 0.15) is 11.5 Å². The first kappa shape index (κ1) is 22.4. The second kappa shape index (κ2) is 10.1. The molecule has 0 spiro atoms. The van der Waals surface area contributed by atoms with Crippen molar-refractivity contribution in [2.24, 2.45) is 5.73 Å². The SMILES string of the molecule is CCOC(=O)N(C)c1ccc(NC(=O)c2ccc(Oc3ccc(C(N)=O)cc3)cc2)cc1. The van der Waals surface area contributed by atoms with Gasteiger partial charge in [-0.25, -0.2) is 4.79 Å². The van der Waals surface area contributed by atoms with Crippen molar-refractivity contribution in [1.29, 1.82) is 0 Å². The van der Waals surface area contributed by atoms with Crippen LogP contribution in [0.15, 0.2) is 72.8 Å². The predicted molar refractivity (Wildman–Crippen MR) is 121 cm³/mol. The van der Waals surface area contributed by atoms with Gasteiger partial charge in [0.15, 0.2) is 0 Å². The van der Waals surface area contributed by atoms with Gasteiger partial charge in [-0.05, 0) is 79.7 Å². The first-order valence-corrected chi connectivity index (χ1v) is 9.87. The van der Waals surface area contributed by atoms with E-state index in [1.54, 1.807) is 86.8 Å². The van der Waals surface area contributed by atoms with Crippen LogP contribution >= 0.6 is 0 Å². The molecule has 0 bridgehead atoms. The van der Waals surface area contributed by atoms with Crippen LogP contribution in [0.4, 0.5) is 16.2 Å². The molecule has 0 radical (unpaired) electrons. The van der Waals surface area contributed by atoms with E-state index in [-0.39, 0.29) is 5.91 Å².